The normalized spacial score (nSPS) is 10.5. The Morgan fingerprint density at radius 1 is 1.33 bits per heavy atom. The van der Waals surface area contributed by atoms with Crippen LogP contribution >= 0.6 is 11.6 Å². The van der Waals surface area contributed by atoms with Gasteiger partial charge in [-0.05, 0) is 24.7 Å². The Bertz CT molecular complexity index is 604. The summed E-state index contributed by atoms with van der Waals surface area (Å²) in [5.41, 5.74) is 2.16. The molecule has 5 heteroatoms. The first-order chi connectivity index (χ1) is 10.2. The van der Waals surface area contributed by atoms with E-state index in [9.17, 15) is 0 Å². The van der Waals surface area contributed by atoms with E-state index >= 15 is 0 Å². The number of nitrogens with one attached hydrogen (secondary N) is 1. The molecule has 1 heterocycles. The van der Waals surface area contributed by atoms with Gasteiger partial charge in [-0.2, -0.15) is 0 Å². The molecule has 4 nitrogen and oxygen atoms in total. The van der Waals surface area contributed by atoms with Crippen molar-refractivity contribution in [1.82, 2.24) is 10.3 Å². The fourth-order valence-corrected chi connectivity index (χ4v) is 2.55. The van der Waals surface area contributed by atoms with E-state index in [0.717, 1.165) is 29.2 Å². The van der Waals surface area contributed by atoms with Gasteiger partial charge in [-0.3, -0.25) is 0 Å². The molecule has 0 unspecified atom stereocenters. The second-order valence-corrected chi connectivity index (χ2v) is 5.25. The van der Waals surface area contributed by atoms with Crippen molar-refractivity contribution in [2.45, 2.75) is 13.1 Å². The molecule has 1 N–H and O–H groups in total. The van der Waals surface area contributed by atoms with E-state index < -0.39 is 0 Å². The average molecular weight is 306 g/mol. The minimum atomic E-state index is 0.653. The van der Waals surface area contributed by atoms with Crippen LogP contribution < -0.4 is 15.0 Å². The first kappa shape index (κ1) is 15.6. The third kappa shape index (κ3) is 3.86. The van der Waals surface area contributed by atoms with Gasteiger partial charge in [0.05, 0.1) is 12.1 Å². The number of ether oxygens (including phenoxy) is 1. The van der Waals surface area contributed by atoms with Crippen LogP contribution in [0, 0.1) is 0 Å². The predicted octanol–water partition coefficient (Wildman–Crippen LogP) is 3.10. The maximum absolute atomic E-state index is 6.34. The van der Waals surface area contributed by atoms with Gasteiger partial charge >= 0.3 is 0 Å². The summed E-state index contributed by atoms with van der Waals surface area (Å²) in [5.74, 6) is 1.63. The van der Waals surface area contributed by atoms with Crippen molar-refractivity contribution >= 4 is 17.4 Å². The SMILES string of the molecule is CNCc1cnc(N(C)Cc2ccccc2OC)c(Cl)c1. The lowest BCUT2D eigenvalue weighted by atomic mass is 10.2. The molecule has 21 heavy (non-hydrogen) atoms. The minimum Gasteiger partial charge on any atom is -0.496 e. The molecule has 0 aliphatic heterocycles. The maximum Gasteiger partial charge on any atom is 0.147 e. The van der Waals surface area contributed by atoms with Gasteiger partial charge in [0.15, 0.2) is 0 Å². The Balaban J connectivity index is 2.18. The van der Waals surface area contributed by atoms with Crippen molar-refractivity contribution in [2.75, 3.05) is 26.1 Å². The van der Waals surface area contributed by atoms with Gasteiger partial charge in [0.1, 0.15) is 11.6 Å². The Kier molecular flexibility index (Phi) is 5.42. The third-order valence-electron chi connectivity index (χ3n) is 3.22. The van der Waals surface area contributed by atoms with Crippen LogP contribution in [0.3, 0.4) is 0 Å². The summed E-state index contributed by atoms with van der Waals surface area (Å²) >= 11 is 6.34. The number of methoxy groups -OCH3 is 1. The van der Waals surface area contributed by atoms with Crippen LogP contribution in [-0.2, 0) is 13.1 Å². The van der Waals surface area contributed by atoms with Crippen molar-refractivity contribution in [1.29, 1.82) is 0 Å². The lowest BCUT2D eigenvalue weighted by Crippen LogP contribution is -2.19. The summed E-state index contributed by atoms with van der Waals surface area (Å²) in [5, 5.41) is 3.74. The summed E-state index contributed by atoms with van der Waals surface area (Å²) in [4.78, 5) is 6.48. The lowest BCUT2D eigenvalue weighted by Gasteiger charge is -2.21. The number of para-hydroxylation sites is 1. The first-order valence-corrected chi connectivity index (χ1v) is 7.15. The molecule has 0 radical (unpaired) electrons. The largest absolute Gasteiger partial charge is 0.496 e. The van der Waals surface area contributed by atoms with E-state index in [1.54, 1.807) is 7.11 Å². The van der Waals surface area contributed by atoms with Gasteiger partial charge < -0.3 is 15.0 Å². The number of hydrogen-bond acceptors (Lipinski definition) is 4. The Morgan fingerprint density at radius 2 is 2.10 bits per heavy atom. The second kappa shape index (κ2) is 7.29. The van der Waals surface area contributed by atoms with Crippen LogP contribution in [0.2, 0.25) is 5.02 Å². The zero-order valence-corrected chi connectivity index (χ0v) is 13.3. The van der Waals surface area contributed by atoms with E-state index in [0.29, 0.717) is 11.6 Å². The summed E-state index contributed by atoms with van der Waals surface area (Å²) in [7, 11) is 5.55. The number of pyridine rings is 1. The number of rotatable bonds is 6. The van der Waals surface area contributed by atoms with Crippen LogP contribution in [0.4, 0.5) is 5.82 Å². The lowest BCUT2D eigenvalue weighted by molar-refractivity contribution is 0.409. The molecule has 1 aromatic carbocycles. The number of benzene rings is 1. The van der Waals surface area contributed by atoms with Crippen LogP contribution in [0.15, 0.2) is 36.5 Å². The number of nitrogens with zero attached hydrogens (tertiary/aromatic N) is 2. The van der Waals surface area contributed by atoms with Crippen molar-refractivity contribution < 1.29 is 4.74 Å². The summed E-state index contributed by atoms with van der Waals surface area (Å²) in [6.07, 6.45) is 1.84. The standard InChI is InChI=1S/C16H20ClN3O/c1-18-9-12-8-14(17)16(19-10-12)20(2)11-13-6-4-5-7-15(13)21-3/h4-8,10,18H,9,11H2,1-3H3. The summed E-state index contributed by atoms with van der Waals surface area (Å²) in [6, 6.07) is 9.89. The molecule has 0 atom stereocenters. The van der Waals surface area contributed by atoms with Gasteiger partial charge in [0, 0.05) is 31.9 Å². The van der Waals surface area contributed by atoms with E-state index in [2.05, 4.69) is 10.3 Å². The third-order valence-corrected chi connectivity index (χ3v) is 3.50. The second-order valence-electron chi connectivity index (χ2n) is 4.85. The molecule has 0 bridgehead atoms. The fraction of sp³-hybridized carbons (Fsp3) is 0.312. The van der Waals surface area contributed by atoms with E-state index in [-0.39, 0.29) is 0 Å². The molecule has 2 aromatic rings. The number of hydrogen-bond donors (Lipinski definition) is 1. The van der Waals surface area contributed by atoms with Crippen LogP contribution in [0.5, 0.6) is 5.75 Å². The van der Waals surface area contributed by atoms with Gasteiger partial charge in [-0.1, -0.05) is 29.8 Å². The van der Waals surface area contributed by atoms with Crippen LogP contribution in [0.25, 0.3) is 0 Å². The molecule has 0 saturated carbocycles. The van der Waals surface area contributed by atoms with Gasteiger partial charge in [0.2, 0.25) is 0 Å². The molecular weight excluding hydrogens is 286 g/mol. The molecule has 0 amide bonds. The molecule has 1 aromatic heterocycles. The smallest absolute Gasteiger partial charge is 0.147 e. The average Bonchev–Trinajstić information content (AvgIpc) is 2.48. The molecule has 0 aliphatic rings. The molecular formula is C16H20ClN3O. The molecule has 0 aliphatic carbocycles. The van der Waals surface area contributed by atoms with Crippen molar-refractivity contribution in [3.8, 4) is 5.75 Å². The number of halogens is 1. The summed E-state index contributed by atoms with van der Waals surface area (Å²) in [6.45, 7) is 1.44. The zero-order chi connectivity index (χ0) is 15.2. The van der Waals surface area contributed by atoms with Crippen molar-refractivity contribution in [3.63, 3.8) is 0 Å². The highest BCUT2D eigenvalue weighted by Crippen LogP contribution is 2.26. The van der Waals surface area contributed by atoms with Crippen LogP contribution in [0.1, 0.15) is 11.1 Å². The Morgan fingerprint density at radius 3 is 2.76 bits per heavy atom. The highest BCUT2D eigenvalue weighted by molar-refractivity contribution is 6.33. The first-order valence-electron chi connectivity index (χ1n) is 6.77. The quantitative estimate of drug-likeness (QED) is 0.890. The zero-order valence-electron chi connectivity index (χ0n) is 12.6. The predicted molar refractivity (Wildman–Crippen MR) is 87.1 cm³/mol. The molecule has 0 fully saturated rings. The van der Waals surface area contributed by atoms with Crippen molar-refractivity contribution in [3.05, 3.63) is 52.7 Å². The minimum absolute atomic E-state index is 0.653. The highest BCUT2D eigenvalue weighted by Gasteiger charge is 2.11. The van der Waals surface area contributed by atoms with Crippen molar-refractivity contribution in [2.24, 2.45) is 0 Å². The monoisotopic (exact) mass is 305 g/mol. The molecule has 2 rings (SSSR count). The molecule has 0 spiro atoms. The van der Waals surface area contributed by atoms with Gasteiger partial charge in [-0.15, -0.1) is 0 Å². The van der Waals surface area contributed by atoms with Gasteiger partial charge in [0.25, 0.3) is 0 Å². The topological polar surface area (TPSA) is 37.4 Å². The van der Waals surface area contributed by atoms with Crippen LogP contribution in [-0.4, -0.2) is 26.2 Å². The number of aromatic nitrogens is 1. The number of anilines is 1. The molecule has 0 saturated heterocycles. The fourth-order valence-electron chi connectivity index (χ4n) is 2.22. The van der Waals surface area contributed by atoms with Gasteiger partial charge in [-0.25, -0.2) is 4.98 Å². The van der Waals surface area contributed by atoms with E-state index in [1.165, 1.54) is 0 Å². The highest BCUT2D eigenvalue weighted by atomic mass is 35.5. The van der Waals surface area contributed by atoms with E-state index in [1.807, 2.05) is 55.5 Å². The Labute approximate surface area is 130 Å². The maximum atomic E-state index is 6.34. The van der Waals surface area contributed by atoms with E-state index in [4.69, 9.17) is 16.3 Å². The summed E-state index contributed by atoms with van der Waals surface area (Å²) < 4.78 is 5.38. The molecule has 112 valence electrons. The Hall–Kier alpha value is -1.78.